The van der Waals surface area contributed by atoms with E-state index in [-0.39, 0.29) is 18.6 Å². The summed E-state index contributed by atoms with van der Waals surface area (Å²) in [5.74, 6) is 0. The molecule has 0 heterocycles. The van der Waals surface area contributed by atoms with Crippen LogP contribution in [0.3, 0.4) is 0 Å². The van der Waals surface area contributed by atoms with E-state index in [0.29, 0.717) is 0 Å². The van der Waals surface area contributed by atoms with Crippen LogP contribution in [0.4, 0.5) is 0 Å². The molecule has 0 atom stereocenters. The lowest BCUT2D eigenvalue weighted by Gasteiger charge is -2.29. The summed E-state index contributed by atoms with van der Waals surface area (Å²) in [6, 6.07) is 0. The Bertz CT molecular complexity index is 106. The van der Waals surface area contributed by atoms with Gasteiger partial charge < -0.3 is 10.2 Å². The molecule has 13 heavy (non-hydrogen) atoms. The van der Waals surface area contributed by atoms with Crippen molar-refractivity contribution in [2.24, 2.45) is 5.41 Å². The highest BCUT2D eigenvalue weighted by molar-refractivity contribution is 9.09. The molecule has 80 valence electrons. The van der Waals surface area contributed by atoms with Crippen molar-refractivity contribution in [1.29, 1.82) is 0 Å². The molecule has 2 N–H and O–H groups in total. The van der Waals surface area contributed by atoms with E-state index in [9.17, 15) is 10.2 Å². The van der Waals surface area contributed by atoms with Crippen molar-refractivity contribution in [1.82, 2.24) is 0 Å². The first kappa shape index (κ1) is 13.9. The Labute approximate surface area is 97.0 Å². The quantitative estimate of drug-likeness (QED) is 0.674. The molecule has 0 saturated carbocycles. The highest BCUT2D eigenvalue weighted by Crippen LogP contribution is 2.29. The largest absolute Gasteiger partial charge is 0.396 e. The minimum absolute atomic E-state index is 0.0868. The van der Waals surface area contributed by atoms with Gasteiger partial charge in [-0.2, -0.15) is 0 Å². The van der Waals surface area contributed by atoms with Crippen LogP contribution in [0.5, 0.6) is 0 Å². The normalized spacial score (nSPS) is 12.0. The topological polar surface area (TPSA) is 40.5 Å². The van der Waals surface area contributed by atoms with Crippen LogP contribution < -0.4 is 0 Å². The third-order valence-corrected chi connectivity index (χ3v) is 3.47. The van der Waals surface area contributed by atoms with Gasteiger partial charge in [-0.1, -0.05) is 31.9 Å². The number of rotatable bonds is 8. The van der Waals surface area contributed by atoms with Gasteiger partial charge in [0.25, 0.3) is 0 Å². The fraction of sp³-hybridized carbons (Fsp3) is 1.00. The molecular formula is C9H18Br2O2. The molecule has 0 amide bonds. The van der Waals surface area contributed by atoms with Crippen molar-refractivity contribution in [3.63, 3.8) is 0 Å². The van der Waals surface area contributed by atoms with Crippen LogP contribution in [0.2, 0.25) is 0 Å². The van der Waals surface area contributed by atoms with E-state index < -0.39 is 0 Å². The molecular weight excluding hydrogens is 300 g/mol. The summed E-state index contributed by atoms with van der Waals surface area (Å²) >= 11 is 6.71. The Kier molecular flexibility index (Phi) is 8.77. The lowest BCUT2D eigenvalue weighted by atomic mass is 9.81. The number of alkyl halides is 2. The van der Waals surface area contributed by atoms with Gasteiger partial charge in [0.1, 0.15) is 0 Å². The zero-order chi connectivity index (χ0) is 10.2. The van der Waals surface area contributed by atoms with Gasteiger partial charge >= 0.3 is 0 Å². The molecule has 0 radical (unpaired) electrons. The molecule has 0 aromatic heterocycles. The van der Waals surface area contributed by atoms with E-state index >= 15 is 0 Å². The van der Waals surface area contributed by atoms with Crippen LogP contribution in [0, 0.1) is 5.41 Å². The van der Waals surface area contributed by atoms with Gasteiger partial charge in [-0.15, -0.1) is 0 Å². The average molecular weight is 318 g/mol. The highest BCUT2D eigenvalue weighted by atomic mass is 79.9. The number of aliphatic hydroxyl groups is 2. The lowest BCUT2D eigenvalue weighted by molar-refractivity contribution is 0.0391. The Morgan fingerprint density at radius 3 is 1.46 bits per heavy atom. The second-order valence-electron chi connectivity index (χ2n) is 3.40. The average Bonchev–Trinajstić information content (AvgIpc) is 2.20. The fourth-order valence-corrected chi connectivity index (χ4v) is 1.94. The molecule has 2 nitrogen and oxygen atoms in total. The summed E-state index contributed by atoms with van der Waals surface area (Å²) < 4.78 is 0. The molecule has 4 heteroatoms. The first-order valence-electron chi connectivity index (χ1n) is 4.58. The van der Waals surface area contributed by atoms with Crippen molar-refractivity contribution in [2.75, 3.05) is 23.9 Å². The molecule has 0 bridgehead atoms. The monoisotopic (exact) mass is 316 g/mol. The molecule has 0 rings (SSSR count). The predicted molar refractivity (Wildman–Crippen MR) is 62.7 cm³/mol. The molecule has 0 aromatic carbocycles. The van der Waals surface area contributed by atoms with Crippen LogP contribution in [0.1, 0.15) is 25.7 Å². The Morgan fingerprint density at radius 2 is 1.23 bits per heavy atom. The highest BCUT2D eigenvalue weighted by Gasteiger charge is 2.27. The summed E-state index contributed by atoms with van der Waals surface area (Å²) in [6.07, 6.45) is 3.78. The Balaban J connectivity index is 3.97. The lowest BCUT2D eigenvalue weighted by Crippen LogP contribution is -2.30. The van der Waals surface area contributed by atoms with Crippen molar-refractivity contribution >= 4 is 31.9 Å². The van der Waals surface area contributed by atoms with Crippen molar-refractivity contribution in [3.8, 4) is 0 Å². The summed E-state index contributed by atoms with van der Waals surface area (Å²) in [5.41, 5.74) is -0.262. The third kappa shape index (κ3) is 5.35. The smallest absolute Gasteiger partial charge is 0.0509 e. The number of hydrogen-bond acceptors (Lipinski definition) is 2. The fourth-order valence-electron chi connectivity index (χ4n) is 1.37. The first-order chi connectivity index (χ1) is 6.24. The maximum atomic E-state index is 9.24. The number of halogens is 2. The van der Waals surface area contributed by atoms with Gasteiger partial charge in [0, 0.05) is 16.1 Å². The molecule has 0 saturated heterocycles. The zero-order valence-corrected chi connectivity index (χ0v) is 11.0. The van der Waals surface area contributed by atoms with Gasteiger partial charge in [0.2, 0.25) is 0 Å². The predicted octanol–water partition coefficient (Wildman–Crippen LogP) is 2.31. The van der Waals surface area contributed by atoms with Crippen LogP contribution in [-0.4, -0.2) is 34.1 Å². The van der Waals surface area contributed by atoms with Gasteiger partial charge in [0.15, 0.2) is 0 Å². The molecule has 0 aliphatic rings. The number of aliphatic hydroxyl groups excluding tert-OH is 2. The van der Waals surface area contributed by atoms with Gasteiger partial charge in [-0.25, -0.2) is 0 Å². The minimum Gasteiger partial charge on any atom is -0.396 e. The summed E-state index contributed by atoms with van der Waals surface area (Å²) in [6.45, 7) is 0.174. The second kappa shape index (κ2) is 8.21. The van der Waals surface area contributed by atoms with Crippen molar-refractivity contribution in [2.45, 2.75) is 25.7 Å². The Hall–Kier alpha value is 0.880. The number of hydrogen-bond donors (Lipinski definition) is 2. The van der Waals surface area contributed by atoms with Gasteiger partial charge in [-0.05, 0) is 25.7 Å². The second-order valence-corrected chi connectivity index (χ2v) is 4.99. The van der Waals surface area contributed by atoms with Crippen LogP contribution in [-0.2, 0) is 0 Å². The SMILES string of the molecule is OCC(CO)(CCCBr)CCCBr. The van der Waals surface area contributed by atoms with Crippen molar-refractivity contribution in [3.05, 3.63) is 0 Å². The van der Waals surface area contributed by atoms with Crippen LogP contribution in [0.25, 0.3) is 0 Å². The zero-order valence-electron chi connectivity index (χ0n) is 7.81. The van der Waals surface area contributed by atoms with Crippen molar-refractivity contribution < 1.29 is 10.2 Å². The van der Waals surface area contributed by atoms with E-state index in [0.717, 1.165) is 36.3 Å². The van der Waals surface area contributed by atoms with E-state index in [4.69, 9.17) is 0 Å². The van der Waals surface area contributed by atoms with E-state index in [1.807, 2.05) is 0 Å². The minimum atomic E-state index is -0.262. The Morgan fingerprint density at radius 1 is 0.846 bits per heavy atom. The van der Waals surface area contributed by atoms with Crippen LogP contribution >= 0.6 is 31.9 Å². The molecule has 0 spiro atoms. The standard InChI is InChI=1S/C9H18Br2O2/c10-5-1-3-9(7-12,8-13)4-2-6-11/h12-13H,1-8H2. The van der Waals surface area contributed by atoms with E-state index in [1.54, 1.807) is 0 Å². The molecule has 0 aliphatic carbocycles. The summed E-state index contributed by atoms with van der Waals surface area (Å²) in [5, 5.41) is 20.3. The van der Waals surface area contributed by atoms with E-state index in [1.165, 1.54) is 0 Å². The molecule has 0 aromatic rings. The third-order valence-electron chi connectivity index (χ3n) is 2.35. The summed E-state index contributed by atoms with van der Waals surface area (Å²) in [7, 11) is 0. The van der Waals surface area contributed by atoms with Gasteiger partial charge in [0.05, 0.1) is 13.2 Å². The molecule has 0 unspecified atom stereocenters. The maximum absolute atomic E-state index is 9.24. The first-order valence-corrected chi connectivity index (χ1v) is 6.82. The molecule has 0 aliphatic heterocycles. The van der Waals surface area contributed by atoms with Crippen LogP contribution in [0.15, 0.2) is 0 Å². The molecule has 0 fully saturated rings. The van der Waals surface area contributed by atoms with E-state index in [2.05, 4.69) is 31.9 Å². The maximum Gasteiger partial charge on any atom is 0.0509 e. The summed E-state index contributed by atoms with van der Waals surface area (Å²) in [4.78, 5) is 0. The van der Waals surface area contributed by atoms with Gasteiger partial charge in [-0.3, -0.25) is 0 Å².